The highest BCUT2D eigenvalue weighted by Crippen LogP contribution is 2.36. The van der Waals surface area contributed by atoms with E-state index in [9.17, 15) is 9.59 Å². The van der Waals surface area contributed by atoms with Gasteiger partial charge in [-0.05, 0) is 31.3 Å². The number of esters is 1. The van der Waals surface area contributed by atoms with E-state index in [1.165, 1.54) is 6.92 Å². The Kier molecular flexibility index (Phi) is 14.5. The van der Waals surface area contributed by atoms with Gasteiger partial charge in [-0.15, -0.1) is 0 Å². The zero-order valence-electron chi connectivity index (χ0n) is 18.7. The van der Waals surface area contributed by atoms with Crippen LogP contribution < -0.4 is 0 Å². The second kappa shape index (κ2) is 15.4. The van der Waals surface area contributed by atoms with Crippen LogP contribution in [0.15, 0.2) is 24.5 Å². The van der Waals surface area contributed by atoms with Gasteiger partial charge in [-0.3, -0.25) is 9.59 Å². The molecule has 4 nitrogen and oxygen atoms in total. The summed E-state index contributed by atoms with van der Waals surface area (Å²) in [5.74, 6) is 0.250. The summed E-state index contributed by atoms with van der Waals surface area (Å²) in [5, 5.41) is 0. The molecule has 0 spiro atoms. The first-order chi connectivity index (χ1) is 13.3. The quantitative estimate of drug-likeness (QED) is 0.112. The molecular weight excluding hydrogens is 352 g/mol. The van der Waals surface area contributed by atoms with Gasteiger partial charge in [-0.2, -0.15) is 0 Å². The number of unbranched alkanes of at least 4 members (excludes halogenated alkanes) is 5. The largest absolute Gasteiger partial charge is 0.498 e. The standard InChI is InChI=1S/C24H42O4/c1-7-10-13-15-20(4)24(28-22(6)25,18-21(5)27-17-12-9-3)19-23(26)16-14-11-8-2/h4-5,7-19H2,1-3,6H3. The molecule has 0 aromatic heterocycles. The first-order valence-corrected chi connectivity index (χ1v) is 11.0. The summed E-state index contributed by atoms with van der Waals surface area (Å²) in [7, 11) is 0. The highest BCUT2D eigenvalue weighted by Gasteiger charge is 2.39. The lowest BCUT2D eigenvalue weighted by molar-refractivity contribution is -0.156. The highest BCUT2D eigenvalue weighted by atomic mass is 16.6. The molecule has 0 heterocycles. The van der Waals surface area contributed by atoms with Gasteiger partial charge in [0.25, 0.3) is 0 Å². The van der Waals surface area contributed by atoms with Gasteiger partial charge in [0.05, 0.1) is 18.8 Å². The molecule has 0 aliphatic rings. The normalized spacial score (nSPS) is 12.9. The van der Waals surface area contributed by atoms with Gasteiger partial charge in [0.2, 0.25) is 0 Å². The van der Waals surface area contributed by atoms with Crippen LogP contribution >= 0.6 is 0 Å². The van der Waals surface area contributed by atoms with Crippen molar-refractivity contribution in [1.29, 1.82) is 0 Å². The third-order valence-corrected chi connectivity index (χ3v) is 4.89. The van der Waals surface area contributed by atoms with Gasteiger partial charge >= 0.3 is 5.97 Å². The van der Waals surface area contributed by atoms with Gasteiger partial charge in [0.1, 0.15) is 11.4 Å². The molecule has 0 bridgehead atoms. The van der Waals surface area contributed by atoms with Crippen LogP contribution in [0.1, 0.15) is 105 Å². The minimum atomic E-state index is -1.05. The van der Waals surface area contributed by atoms with E-state index >= 15 is 0 Å². The van der Waals surface area contributed by atoms with E-state index in [4.69, 9.17) is 9.47 Å². The number of ketones is 1. The number of carbonyl (C=O) groups excluding carboxylic acids is 2. The predicted molar refractivity (Wildman–Crippen MR) is 116 cm³/mol. The summed E-state index contributed by atoms with van der Waals surface area (Å²) in [4.78, 5) is 24.6. The second-order valence-corrected chi connectivity index (χ2v) is 7.74. The minimum Gasteiger partial charge on any atom is -0.498 e. The zero-order chi connectivity index (χ0) is 21.4. The maximum Gasteiger partial charge on any atom is 0.303 e. The monoisotopic (exact) mass is 394 g/mol. The summed E-state index contributed by atoms with van der Waals surface area (Å²) in [5.41, 5.74) is -0.258. The van der Waals surface area contributed by atoms with Crippen LogP contribution in [0.2, 0.25) is 0 Å². The van der Waals surface area contributed by atoms with Crippen LogP contribution in [0.25, 0.3) is 0 Å². The van der Waals surface area contributed by atoms with Gasteiger partial charge < -0.3 is 9.47 Å². The van der Waals surface area contributed by atoms with Gasteiger partial charge in [-0.25, -0.2) is 0 Å². The zero-order valence-corrected chi connectivity index (χ0v) is 18.7. The Balaban J connectivity index is 5.41. The second-order valence-electron chi connectivity index (χ2n) is 7.74. The average Bonchev–Trinajstić information content (AvgIpc) is 2.61. The Morgan fingerprint density at radius 3 is 1.93 bits per heavy atom. The Morgan fingerprint density at radius 1 is 0.821 bits per heavy atom. The molecule has 162 valence electrons. The molecule has 0 aromatic rings. The third kappa shape index (κ3) is 11.3. The summed E-state index contributed by atoms with van der Waals surface area (Å²) < 4.78 is 11.5. The molecule has 0 saturated carbocycles. The molecule has 28 heavy (non-hydrogen) atoms. The van der Waals surface area contributed by atoms with Gasteiger partial charge in [-0.1, -0.05) is 66.0 Å². The molecule has 0 aromatic carbocycles. The molecule has 0 aliphatic heterocycles. The van der Waals surface area contributed by atoms with Crippen molar-refractivity contribution in [3.63, 3.8) is 0 Å². The molecule has 0 rings (SSSR count). The predicted octanol–water partition coefficient (Wildman–Crippen LogP) is 6.68. The molecule has 1 atom stereocenters. The fourth-order valence-electron chi connectivity index (χ4n) is 3.26. The Bertz CT molecular complexity index is 469. The highest BCUT2D eigenvalue weighted by molar-refractivity contribution is 5.80. The molecule has 0 aliphatic carbocycles. The smallest absolute Gasteiger partial charge is 0.303 e. The lowest BCUT2D eigenvalue weighted by Crippen LogP contribution is -2.39. The number of hydrogen-bond donors (Lipinski definition) is 0. The summed E-state index contributed by atoms with van der Waals surface area (Å²) in [6.45, 7) is 16.6. The maximum atomic E-state index is 12.7. The minimum absolute atomic E-state index is 0.104. The first kappa shape index (κ1) is 26.4. The average molecular weight is 395 g/mol. The number of ether oxygens (including phenoxy) is 2. The number of Topliss-reactive ketones (excluding diaryl/α,β-unsaturated/α-hetero) is 1. The number of rotatable bonds is 18. The van der Waals surface area contributed by atoms with Gasteiger partial charge in [0, 0.05) is 19.8 Å². The Hall–Kier alpha value is -1.58. The molecule has 0 radical (unpaired) electrons. The van der Waals surface area contributed by atoms with Crippen LogP contribution in [0.3, 0.4) is 0 Å². The fraction of sp³-hybridized carbons (Fsp3) is 0.750. The van der Waals surface area contributed by atoms with Crippen molar-refractivity contribution in [3.05, 3.63) is 24.5 Å². The van der Waals surface area contributed by atoms with E-state index in [-0.39, 0.29) is 12.2 Å². The molecular formula is C24H42O4. The van der Waals surface area contributed by atoms with E-state index < -0.39 is 11.6 Å². The SMILES string of the molecule is C=C(CC(CC(=O)CCCCC)(OC(C)=O)C(=C)CCCCC)OCCCC. The van der Waals surface area contributed by atoms with Crippen molar-refractivity contribution in [1.82, 2.24) is 0 Å². The summed E-state index contributed by atoms with van der Waals surface area (Å²) in [6, 6.07) is 0. The molecule has 0 fully saturated rings. The van der Waals surface area contributed by atoms with Crippen molar-refractivity contribution in [3.8, 4) is 0 Å². The van der Waals surface area contributed by atoms with Crippen molar-refractivity contribution in [2.45, 2.75) is 110 Å². The topological polar surface area (TPSA) is 52.6 Å². The van der Waals surface area contributed by atoms with Crippen LogP contribution in [-0.2, 0) is 19.1 Å². The Labute approximate surface area is 172 Å². The maximum absolute atomic E-state index is 12.7. The number of carbonyl (C=O) groups is 2. The lowest BCUT2D eigenvalue weighted by Gasteiger charge is -2.35. The van der Waals surface area contributed by atoms with Crippen LogP contribution in [0.5, 0.6) is 0 Å². The van der Waals surface area contributed by atoms with Crippen LogP contribution in [0, 0.1) is 0 Å². The fourth-order valence-corrected chi connectivity index (χ4v) is 3.26. The summed E-state index contributed by atoms with van der Waals surface area (Å²) >= 11 is 0. The molecule has 0 amide bonds. The number of hydrogen-bond acceptors (Lipinski definition) is 4. The van der Waals surface area contributed by atoms with E-state index in [2.05, 4.69) is 33.9 Å². The van der Waals surface area contributed by atoms with Crippen molar-refractivity contribution in [2.24, 2.45) is 0 Å². The molecule has 0 N–H and O–H groups in total. The summed E-state index contributed by atoms with van der Waals surface area (Å²) in [6.07, 6.45) is 9.73. The van der Waals surface area contributed by atoms with E-state index in [0.29, 0.717) is 25.2 Å². The lowest BCUT2D eigenvalue weighted by atomic mass is 9.81. The Morgan fingerprint density at radius 2 is 1.39 bits per heavy atom. The van der Waals surface area contributed by atoms with E-state index in [0.717, 1.165) is 63.4 Å². The van der Waals surface area contributed by atoms with Crippen LogP contribution in [0.4, 0.5) is 0 Å². The third-order valence-electron chi connectivity index (χ3n) is 4.89. The van der Waals surface area contributed by atoms with Crippen molar-refractivity contribution in [2.75, 3.05) is 6.61 Å². The first-order valence-electron chi connectivity index (χ1n) is 11.0. The van der Waals surface area contributed by atoms with Crippen molar-refractivity contribution >= 4 is 11.8 Å². The van der Waals surface area contributed by atoms with Crippen LogP contribution in [-0.4, -0.2) is 24.0 Å². The van der Waals surface area contributed by atoms with E-state index in [1.54, 1.807) is 0 Å². The molecule has 0 saturated heterocycles. The molecule has 1 unspecified atom stereocenters. The van der Waals surface area contributed by atoms with E-state index in [1.807, 2.05) is 0 Å². The molecule has 4 heteroatoms. The van der Waals surface area contributed by atoms with Gasteiger partial charge in [0.15, 0.2) is 0 Å². The van der Waals surface area contributed by atoms with Crippen molar-refractivity contribution < 1.29 is 19.1 Å².